The topological polar surface area (TPSA) is 21.7 Å². The second-order valence-corrected chi connectivity index (χ2v) is 6.68. The van der Waals surface area contributed by atoms with Crippen LogP contribution in [-0.2, 0) is 9.57 Å². The lowest BCUT2D eigenvalue weighted by molar-refractivity contribution is -0.191. The molecule has 0 bridgehead atoms. The monoisotopic (exact) mass is 339 g/mol. The summed E-state index contributed by atoms with van der Waals surface area (Å²) in [5.41, 5.74) is 2.59. The predicted octanol–water partition coefficient (Wildman–Crippen LogP) is 4.64. The molecule has 0 aromatic heterocycles. The maximum absolute atomic E-state index is 6.09. The molecular weight excluding hydrogens is 310 g/mol. The Hall–Kier alpha value is -1.68. The number of ether oxygens (including phenoxy) is 1. The van der Waals surface area contributed by atoms with Gasteiger partial charge in [-0.05, 0) is 30.4 Å². The number of hydrogen-bond donors (Lipinski definition) is 0. The summed E-state index contributed by atoms with van der Waals surface area (Å²) >= 11 is 0. The highest BCUT2D eigenvalue weighted by molar-refractivity contribution is 5.34. The molecule has 25 heavy (non-hydrogen) atoms. The molecule has 1 aliphatic rings. The fourth-order valence-electron chi connectivity index (χ4n) is 3.87. The van der Waals surface area contributed by atoms with Gasteiger partial charge in [0.15, 0.2) is 0 Å². The molecule has 1 saturated heterocycles. The summed E-state index contributed by atoms with van der Waals surface area (Å²) in [4.78, 5) is 6.02. The third-order valence-electron chi connectivity index (χ3n) is 5.01. The van der Waals surface area contributed by atoms with Gasteiger partial charge in [-0.15, -0.1) is 0 Å². The second kappa shape index (κ2) is 9.14. The number of nitrogens with zero attached hydrogens (tertiary/aromatic N) is 1. The minimum atomic E-state index is 0.0594. The summed E-state index contributed by atoms with van der Waals surface area (Å²) in [5.74, 6) is 0.197. The van der Waals surface area contributed by atoms with Gasteiger partial charge in [0.2, 0.25) is 0 Å². The zero-order valence-electron chi connectivity index (χ0n) is 15.3. The van der Waals surface area contributed by atoms with Crippen molar-refractivity contribution in [2.75, 3.05) is 20.3 Å². The molecule has 3 nitrogen and oxygen atoms in total. The van der Waals surface area contributed by atoms with Crippen molar-refractivity contribution in [3.05, 3.63) is 71.8 Å². The summed E-state index contributed by atoms with van der Waals surface area (Å²) < 4.78 is 6.09. The van der Waals surface area contributed by atoms with Gasteiger partial charge in [0.05, 0.1) is 18.8 Å². The van der Waals surface area contributed by atoms with E-state index >= 15 is 0 Å². The molecule has 1 fully saturated rings. The van der Waals surface area contributed by atoms with Crippen molar-refractivity contribution in [1.29, 1.82) is 0 Å². The van der Waals surface area contributed by atoms with Gasteiger partial charge in [0.1, 0.15) is 0 Å². The molecule has 0 unspecified atom stereocenters. The molecule has 2 aromatic rings. The Labute approximate surface area is 151 Å². The molecule has 2 aromatic carbocycles. The van der Waals surface area contributed by atoms with E-state index < -0.39 is 0 Å². The van der Waals surface area contributed by atoms with Crippen LogP contribution >= 0.6 is 0 Å². The first-order valence-electron chi connectivity index (χ1n) is 9.37. The van der Waals surface area contributed by atoms with E-state index in [1.165, 1.54) is 11.1 Å². The van der Waals surface area contributed by atoms with E-state index in [2.05, 4.69) is 72.7 Å². The summed E-state index contributed by atoms with van der Waals surface area (Å²) in [7, 11) is 1.83. The molecule has 3 heteroatoms. The van der Waals surface area contributed by atoms with E-state index in [0.29, 0.717) is 0 Å². The van der Waals surface area contributed by atoms with Crippen molar-refractivity contribution in [3.8, 4) is 0 Å². The van der Waals surface area contributed by atoms with Gasteiger partial charge in [0, 0.05) is 19.6 Å². The van der Waals surface area contributed by atoms with Crippen LogP contribution in [0.15, 0.2) is 60.7 Å². The van der Waals surface area contributed by atoms with Crippen molar-refractivity contribution in [1.82, 2.24) is 5.06 Å². The van der Waals surface area contributed by atoms with Gasteiger partial charge in [-0.2, -0.15) is 5.06 Å². The molecule has 0 amide bonds. The fraction of sp³-hybridized carbons (Fsp3) is 0.455. The summed E-state index contributed by atoms with van der Waals surface area (Å²) in [6, 6.07) is 21.7. The van der Waals surface area contributed by atoms with Crippen LogP contribution < -0.4 is 0 Å². The maximum Gasteiger partial charge on any atom is 0.0858 e. The predicted molar refractivity (Wildman–Crippen MR) is 101 cm³/mol. The standard InChI is InChI=1S/C22H29NO2/c1-3-17-25-23-16-10-15-20(23)22(24-2)21(18-11-6-4-7-12-18)19-13-8-5-9-14-19/h4-9,11-14,20-22H,3,10,15-17H2,1-2H3/t20-,22-/m1/s1. The molecule has 134 valence electrons. The molecule has 0 aliphatic carbocycles. The molecular formula is C22H29NO2. The van der Waals surface area contributed by atoms with Crippen molar-refractivity contribution in [2.45, 2.75) is 44.2 Å². The van der Waals surface area contributed by atoms with Crippen molar-refractivity contribution in [3.63, 3.8) is 0 Å². The summed E-state index contributed by atoms with van der Waals surface area (Å²) in [6.07, 6.45) is 3.36. The largest absolute Gasteiger partial charge is 0.379 e. The normalized spacial score (nSPS) is 19.4. The molecule has 0 N–H and O–H groups in total. The number of benzene rings is 2. The number of hydrogen-bond acceptors (Lipinski definition) is 3. The molecule has 2 atom stereocenters. The van der Waals surface area contributed by atoms with Crippen LogP contribution in [0.25, 0.3) is 0 Å². The Morgan fingerprint density at radius 2 is 1.60 bits per heavy atom. The lowest BCUT2D eigenvalue weighted by Gasteiger charge is -2.35. The first-order chi connectivity index (χ1) is 12.3. The average molecular weight is 339 g/mol. The van der Waals surface area contributed by atoms with Crippen molar-refractivity contribution < 1.29 is 9.57 Å². The van der Waals surface area contributed by atoms with E-state index in [1.54, 1.807) is 0 Å². The molecule has 0 radical (unpaired) electrons. The number of hydroxylamine groups is 2. The molecule has 0 spiro atoms. The highest BCUT2D eigenvalue weighted by Crippen LogP contribution is 2.36. The quantitative estimate of drug-likeness (QED) is 0.699. The lowest BCUT2D eigenvalue weighted by atomic mass is 9.83. The third-order valence-corrected chi connectivity index (χ3v) is 5.01. The minimum Gasteiger partial charge on any atom is -0.379 e. The number of rotatable bonds is 8. The van der Waals surface area contributed by atoms with Gasteiger partial charge in [-0.3, -0.25) is 4.84 Å². The van der Waals surface area contributed by atoms with Gasteiger partial charge in [-0.1, -0.05) is 67.6 Å². The van der Waals surface area contributed by atoms with Gasteiger partial charge in [-0.25, -0.2) is 0 Å². The van der Waals surface area contributed by atoms with E-state index in [4.69, 9.17) is 9.57 Å². The Balaban J connectivity index is 1.93. The molecule has 1 heterocycles. The van der Waals surface area contributed by atoms with Gasteiger partial charge in [0.25, 0.3) is 0 Å². The Morgan fingerprint density at radius 3 is 2.12 bits per heavy atom. The number of methoxy groups -OCH3 is 1. The zero-order chi connectivity index (χ0) is 17.5. The van der Waals surface area contributed by atoms with Crippen LogP contribution in [0.5, 0.6) is 0 Å². The molecule has 0 saturated carbocycles. The first-order valence-corrected chi connectivity index (χ1v) is 9.37. The van der Waals surface area contributed by atoms with E-state index in [1.807, 2.05) is 7.11 Å². The van der Waals surface area contributed by atoms with Crippen LogP contribution in [0.3, 0.4) is 0 Å². The van der Waals surface area contributed by atoms with Crippen LogP contribution in [0.4, 0.5) is 0 Å². The fourth-order valence-corrected chi connectivity index (χ4v) is 3.87. The Morgan fingerprint density at radius 1 is 1.00 bits per heavy atom. The van der Waals surface area contributed by atoms with Crippen LogP contribution in [0, 0.1) is 0 Å². The van der Waals surface area contributed by atoms with Crippen molar-refractivity contribution >= 4 is 0 Å². The van der Waals surface area contributed by atoms with Crippen LogP contribution in [0.2, 0.25) is 0 Å². The van der Waals surface area contributed by atoms with Gasteiger partial charge >= 0.3 is 0 Å². The van der Waals surface area contributed by atoms with E-state index in [0.717, 1.165) is 32.4 Å². The van der Waals surface area contributed by atoms with E-state index in [-0.39, 0.29) is 18.1 Å². The zero-order valence-corrected chi connectivity index (χ0v) is 15.3. The highest BCUT2D eigenvalue weighted by atomic mass is 16.7. The van der Waals surface area contributed by atoms with Crippen LogP contribution in [-0.4, -0.2) is 37.5 Å². The smallest absolute Gasteiger partial charge is 0.0858 e. The molecule has 3 rings (SSSR count). The summed E-state index contributed by atoms with van der Waals surface area (Å²) in [5, 5.41) is 2.16. The lowest BCUT2D eigenvalue weighted by Crippen LogP contribution is -2.43. The first kappa shape index (κ1) is 18.1. The average Bonchev–Trinajstić information content (AvgIpc) is 3.14. The third kappa shape index (κ3) is 4.30. The summed E-state index contributed by atoms with van der Waals surface area (Å²) in [6.45, 7) is 3.91. The minimum absolute atomic E-state index is 0.0594. The molecule has 1 aliphatic heterocycles. The van der Waals surface area contributed by atoms with Crippen molar-refractivity contribution in [2.24, 2.45) is 0 Å². The van der Waals surface area contributed by atoms with Gasteiger partial charge < -0.3 is 4.74 Å². The van der Waals surface area contributed by atoms with E-state index in [9.17, 15) is 0 Å². The second-order valence-electron chi connectivity index (χ2n) is 6.68. The maximum atomic E-state index is 6.09. The Bertz CT molecular complexity index is 577. The highest BCUT2D eigenvalue weighted by Gasteiger charge is 2.38. The Kier molecular flexibility index (Phi) is 6.62. The van der Waals surface area contributed by atoms with Crippen LogP contribution in [0.1, 0.15) is 43.2 Å². The SMILES string of the molecule is CCCON1CCC[C@@H]1[C@@H](OC)C(c1ccccc1)c1ccccc1.